The Morgan fingerprint density at radius 3 is 2.53 bits per heavy atom. The van der Waals surface area contributed by atoms with Crippen LogP contribution in [0.5, 0.6) is 5.75 Å². The number of ether oxygens (including phenoxy) is 1. The van der Waals surface area contributed by atoms with Gasteiger partial charge in [0.25, 0.3) is 5.91 Å². The molecule has 0 unspecified atom stereocenters. The number of likely N-dealkylation sites (N-methyl/N-ethyl adjacent to an activating group) is 1. The normalized spacial score (nSPS) is 9.74. The van der Waals surface area contributed by atoms with Crippen LogP contribution in [0.3, 0.4) is 0 Å². The molecular weight excluding hydrogens is 240 g/mol. The summed E-state index contributed by atoms with van der Waals surface area (Å²) in [6.45, 7) is 5.60. The predicted octanol–water partition coefficient (Wildman–Crippen LogP) is 2.59. The van der Waals surface area contributed by atoms with Gasteiger partial charge >= 0.3 is 0 Å². The van der Waals surface area contributed by atoms with Crippen molar-refractivity contribution >= 4 is 5.91 Å². The number of unbranched alkanes of at least 4 members (excludes halogenated alkanes) is 1. The number of benzene rings is 1. The Kier molecular flexibility index (Phi) is 6.45. The third-order valence-electron chi connectivity index (χ3n) is 2.86. The zero-order valence-corrected chi connectivity index (χ0v) is 11.6. The molecule has 0 fully saturated rings. The van der Waals surface area contributed by atoms with E-state index >= 15 is 0 Å². The highest BCUT2D eigenvalue weighted by Gasteiger charge is 2.11. The van der Waals surface area contributed by atoms with E-state index in [1.807, 2.05) is 13.0 Å². The maximum Gasteiger partial charge on any atom is 0.260 e. The maximum atomic E-state index is 11.9. The summed E-state index contributed by atoms with van der Waals surface area (Å²) >= 11 is 0. The van der Waals surface area contributed by atoms with Crippen molar-refractivity contribution in [3.63, 3.8) is 0 Å². The number of nitriles is 1. The monoisotopic (exact) mass is 260 g/mol. The average Bonchev–Trinajstić information content (AvgIpc) is 2.46. The van der Waals surface area contributed by atoms with Crippen LogP contribution < -0.4 is 4.74 Å². The summed E-state index contributed by atoms with van der Waals surface area (Å²) in [7, 11) is 0. The van der Waals surface area contributed by atoms with E-state index in [1.165, 1.54) is 0 Å². The molecule has 0 aromatic heterocycles. The van der Waals surface area contributed by atoms with Gasteiger partial charge in [-0.1, -0.05) is 13.3 Å². The highest BCUT2D eigenvalue weighted by atomic mass is 16.5. The molecule has 0 atom stereocenters. The molecule has 1 aromatic rings. The number of rotatable bonds is 7. The highest BCUT2D eigenvalue weighted by Crippen LogP contribution is 2.11. The van der Waals surface area contributed by atoms with Gasteiger partial charge in [-0.05, 0) is 37.6 Å². The van der Waals surface area contributed by atoms with E-state index in [0.29, 0.717) is 17.9 Å². The van der Waals surface area contributed by atoms with Gasteiger partial charge in [0.15, 0.2) is 6.61 Å². The average molecular weight is 260 g/mol. The number of amides is 1. The number of carbonyl (C=O) groups is 1. The number of hydrogen-bond acceptors (Lipinski definition) is 3. The fourth-order valence-electron chi connectivity index (χ4n) is 1.67. The molecule has 0 bridgehead atoms. The van der Waals surface area contributed by atoms with Crippen molar-refractivity contribution in [2.45, 2.75) is 26.7 Å². The van der Waals surface area contributed by atoms with E-state index in [1.54, 1.807) is 29.2 Å². The van der Waals surface area contributed by atoms with Crippen LogP contribution in [-0.4, -0.2) is 30.5 Å². The van der Waals surface area contributed by atoms with E-state index in [0.717, 1.165) is 19.4 Å². The van der Waals surface area contributed by atoms with E-state index < -0.39 is 0 Å². The predicted molar refractivity (Wildman–Crippen MR) is 73.8 cm³/mol. The third-order valence-corrected chi connectivity index (χ3v) is 2.86. The van der Waals surface area contributed by atoms with Crippen LogP contribution in [0.15, 0.2) is 24.3 Å². The van der Waals surface area contributed by atoms with E-state index in [-0.39, 0.29) is 12.5 Å². The second-order valence-corrected chi connectivity index (χ2v) is 4.25. The van der Waals surface area contributed by atoms with Crippen LogP contribution in [0.1, 0.15) is 32.3 Å². The lowest BCUT2D eigenvalue weighted by molar-refractivity contribution is -0.133. The third kappa shape index (κ3) is 5.01. The van der Waals surface area contributed by atoms with E-state index in [2.05, 4.69) is 6.92 Å². The minimum Gasteiger partial charge on any atom is -0.484 e. The standard InChI is InChI=1S/C15H20N2O2/c1-3-5-10-17(4-2)15(18)12-19-14-8-6-13(11-16)7-9-14/h6-9H,3-5,10,12H2,1-2H3. The zero-order chi connectivity index (χ0) is 14.1. The molecule has 0 radical (unpaired) electrons. The topological polar surface area (TPSA) is 53.3 Å². The molecular formula is C15H20N2O2. The first-order valence-corrected chi connectivity index (χ1v) is 6.62. The minimum atomic E-state index is 0.000287. The van der Waals surface area contributed by atoms with Crippen LogP contribution in [0, 0.1) is 11.3 Å². The lowest BCUT2D eigenvalue weighted by Crippen LogP contribution is -2.35. The molecule has 19 heavy (non-hydrogen) atoms. The minimum absolute atomic E-state index is 0.000287. The van der Waals surface area contributed by atoms with Gasteiger partial charge in [0.1, 0.15) is 5.75 Å². The molecule has 0 N–H and O–H groups in total. The van der Waals surface area contributed by atoms with Crippen LogP contribution in [0.25, 0.3) is 0 Å². The second-order valence-electron chi connectivity index (χ2n) is 4.25. The van der Waals surface area contributed by atoms with Crippen molar-refractivity contribution < 1.29 is 9.53 Å². The number of nitrogens with zero attached hydrogens (tertiary/aromatic N) is 2. The Hall–Kier alpha value is -2.02. The van der Waals surface area contributed by atoms with Gasteiger partial charge in [-0.2, -0.15) is 5.26 Å². The molecule has 0 aliphatic carbocycles. The highest BCUT2D eigenvalue weighted by molar-refractivity contribution is 5.77. The van der Waals surface area contributed by atoms with Gasteiger partial charge in [0, 0.05) is 13.1 Å². The van der Waals surface area contributed by atoms with Crippen molar-refractivity contribution in [1.82, 2.24) is 4.90 Å². The fraction of sp³-hybridized carbons (Fsp3) is 0.467. The first-order chi connectivity index (χ1) is 9.21. The van der Waals surface area contributed by atoms with Crippen LogP contribution in [-0.2, 0) is 4.79 Å². The van der Waals surface area contributed by atoms with Gasteiger partial charge in [0.05, 0.1) is 11.6 Å². The van der Waals surface area contributed by atoms with E-state index in [4.69, 9.17) is 10.00 Å². The summed E-state index contributed by atoms with van der Waals surface area (Å²) in [5, 5.41) is 8.68. The van der Waals surface area contributed by atoms with Gasteiger partial charge in [-0.3, -0.25) is 4.79 Å². The summed E-state index contributed by atoms with van der Waals surface area (Å²) in [5.41, 5.74) is 0.580. The smallest absolute Gasteiger partial charge is 0.260 e. The van der Waals surface area contributed by atoms with Gasteiger partial charge in [-0.15, -0.1) is 0 Å². The zero-order valence-electron chi connectivity index (χ0n) is 11.6. The van der Waals surface area contributed by atoms with E-state index in [9.17, 15) is 4.79 Å². The molecule has 0 saturated carbocycles. The summed E-state index contributed by atoms with van der Waals surface area (Å²) < 4.78 is 5.43. The molecule has 0 spiro atoms. The largest absolute Gasteiger partial charge is 0.484 e. The van der Waals surface area contributed by atoms with Crippen molar-refractivity contribution in [2.24, 2.45) is 0 Å². The summed E-state index contributed by atoms with van der Waals surface area (Å²) in [5.74, 6) is 0.610. The molecule has 0 saturated heterocycles. The number of hydrogen-bond donors (Lipinski definition) is 0. The van der Waals surface area contributed by atoms with Crippen LogP contribution in [0.4, 0.5) is 0 Å². The van der Waals surface area contributed by atoms with Crippen LogP contribution in [0.2, 0.25) is 0 Å². The first-order valence-electron chi connectivity index (χ1n) is 6.62. The Balaban J connectivity index is 2.45. The SMILES string of the molecule is CCCCN(CC)C(=O)COc1ccc(C#N)cc1. The van der Waals surface area contributed by atoms with Gasteiger partial charge in [-0.25, -0.2) is 0 Å². The lowest BCUT2D eigenvalue weighted by Gasteiger charge is -2.20. The molecule has 1 amide bonds. The first kappa shape index (κ1) is 15.0. The Labute approximate surface area is 114 Å². The molecule has 1 aromatic carbocycles. The van der Waals surface area contributed by atoms with Crippen molar-refractivity contribution in [3.05, 3.63) is 29.8 Å². The Bertz CT molecular complexity index is 434. The molecule has 0 aliphatic rings. The summed E-state index contributed by atoms with van der Waals surface area (Å²) in [6.07, 6.45) is 2.08. The van der Waals surface area contributed by atoms with Crippen molar-refractivity contribution in [3.8, 4) is 11.8 Å². The van der Waals surface area contributed by atoms with Crippen molar-refractivity contribution in [1.29, 1.82) is 5.26 Å². The second kappa shape index (κ2) is 8.15. The van der Waals surface area contributed by atoms with Gasteiger partial charge in [0.2, 0.25) is 0 Å². The van der Waals surface area contributed by atoms with Gasteiger partial charge < -0.3 is 9.64 Å². The fourth-order valence-corrected chi connectivity index (χ4v) is 1.67. The van der Waals surface area contributed by atoms with Crippen molar-refractivity contribution in [2.75, 3.05) is 19.7 Å². The molecule has 4 heteroatoms. The molecule has 0 aliphatic heterocycles. The number of carbonyl (C=O) groups excluding carboxylic acids is 1. The molecule has 1 rings (SSSR count). The molecule has 0 heterocycles. The summed E-state index contributed by atoms with van der Waals surface area (Å²) in [4.78, 5) is 13.7. The maximum absolute atomic E-state index is 11.9. The molecule has 102 valence electrons. The van der Waals surface area contributed by atoms with Crippen LogP contribution >= 0.6 is 0 Å². The quantitative estimate of drug-likeness (QED) is 0.757. The molecule has 4 nitrogen and oxygen atoms in total. The summed E-state index contributed by atoms with van der Waals surface area (Å²) in [6, 6.07) is 8.79. The lowest BCUT2D eigenvalue weighted by atomic mass is 10.2. The Morgan fingerprint density at radius 2 is 2.00 bits per heavy atom. The Morgan fingerprint density at radius 1 is 1.32 bits per heavy atom.